The van der Waals surface area contributed by atoms with Gasteiger partial charge in [0.25, 0.3) is 0 Å². The molecule has 0 saturated heterocycles. The fourth-order valence-corrected chi connectivity index (χ4v) is 2.59. The molecule has 0 radical (unpaired) electrons. The molecule has 0 aliphatic carbocycles. The highest BCUT2D eigenvalue weighted by Gasteiger charge is 2.31. The molecule has 6 nitrogen and oxygen atoms in total. The summed E-state index contributed by atoms with van der Waals surface area (Å²) >= 11 is 0. The molecule has 146 valence electrons. The molecule has 6 heteroatoms. The topological polar surface area (TPSA) is 78.5 Å². The van der Waals surface area contributed by atoms with Gasteiger partial charge in [0.15, 0.2) is 0 Å². The second-order valence-electron chi connectivity index (χ2n) is 7.93. The van der Waals surface area contributed by atoms with E-state index in [1.54, 1.807) is 19.0 Å². The maximum absolute atomic E-state index is 12.8. The number of carbonyl (C=O) groups excluding carboxylic acids is 3. The summed E-state index contributed by atoms with van der Waals surface area (Å²) in [6, 6.07) is -1.17. The Labute approximate surface area is 153 Å². The molecule has 0 aliphatic heterocycles. The van der Waals surface area contributed by atoms with Crippen LogP contribution < -0.4 is 10.6 Å². The van der Waals surface area contributed by atoms with Gasteiger partial charge in [0.2, 0.25) is 17.7 Å². The van der Waals surface area contributed by atoms with Crippen molar-refractivity contribution in [1.29, 1.82) is 0 Å². The largest absolute Gasteiger partial charge is 0.357 e. The Bertz CT molecular complexity index is 447. The summed E-state index contributed by atoms with van der Waals surface area (Å²) in [4.78, 5) is 38.8. The van der Waals surface area contributed by atoms with Gasteiger partial charge in [-0.1, -0.05) is 41.5 Å². The Morgan fingerprint density at radius 2 is 1.48 bits per heavy atom. The first kappa shape index (κ1) is 23.4. The van der Waals surface area contributed by atoms with Crippen LogP contribution in [-0.4, -0.2) is 48.8 Å². The van der Waals surface area contributed by atoms with Gasteiger partial charge in [0.05, 0.1) is 0 Å². The van der Waals surface area contributed by atoms with Crippen molar-refractivity contribution in [2.75, 3.05) is 14.1 Å². The standard InChI is InChI=1S/C19H37N3O3/c1-12(2)9-10-16(23)22(8)15(11-13(3)4)18(24)21-17(14(5)6)19(25)20-7/h12-15,17H,9-11H2,1-8H3,(H,20,25)(H,21,24)/t15-,17-/m0/s1. The fraction of sp³-hybridized carbons (Fsp3) is 0.842. The lowest BCUT2D eigenvalue weighted by atomic mass is 9.98. The highest BCUT2D eigenvalue weighted by Crippen LogP contribution is 2.15. The normalized spacial score (nSPS) is 13.7. The maximum atomic E-state index is 12.8. The van der Waals surface area contributed by atoms with Gasteiger partial charge in [-0.3, -0.25) is 14.4 Å². The van der Waals surface area contributed by atoms with Crippen molar-refractivity contribution >= 4 is 17.7 Å². The molecule has 0 unspecified atom stereocenters. The molecule has 0 heterocycles. The lowest BCUT2D eigenvalue weighted by Gasteiger charge is -2.31. The Morgan fingerprint density at radius 1 is 0.920 bits per heavy atom. The van der Waals surface area contributed by atoms with Crippen molar-refractivity contribution in [2.24, 2.45) is 17.8 Å². The summed E-state index contributed by atoms with van der Waals surface area (Å²) in [5.41, 5.74) is 0. The lowest BCUT2D eigenvalue weighted by Crippen LogP contribution is -2.55. The van der Waals surface area contributed by atoms with Crippen LogP contribution in [0.1, 0.15) is 60.8 Å². The monoisotopic (exact) mass is 355 g/mol. The molecule has 2 N–H and O–H groups in total. The Kier molecular flexibility index (Phi) is 10.4. The van der Waals surface area contributed by atoms with Crippen LogP contribution >= 0.6 is 0 Å². The van der Waals surface area contributed by atoms with Gasteiger partial charge in [-0.05, 0) is 30.6 Å². The zero-order valence-corrected chi connectivity index (χ0v) is 17.2. The molecule has 0 spiro atoms. The van der Waals surface area contributed by atoms with Crippen molar-refractivity contribution in [2.45, 2.75) is 72.9 Å². The molecular weight excluding hydrogens is 318 g/mol. The number of hydrogen-bond donors (Lipinski definition) is 2. The van der Waals surface area contributed by atoms with E-state index < -0.39 is 12.1 Å². The quantitative estimate of drug-likeness (QED) is 0.630. The molecule has 25 heavy (non-hydrogen) atoms. The van der Waals surface area contributed by atoms with Gasteiger partial charge in [0.1, 0.15) is 12.1 Å². The van der Waals surface area contributed by atoms with E-state index in [9.17, 15) is 14.4 Å². The van der Waals surface area contributed by atoms with Crippen molar-refractivity contribution in [1.82, 2.24) is 15.5 Å². The second-order valence-corrected chi connectivity index (χ2v) is 7.93. The van der Waals surface area contributed by atoms with Gasteiger partial charge in [-0.15, -0.1) is 0 Å². The van der Waals surface area contributed by atoms with Crippen molar-refractivity contribution in [3.63, 3.8) is 0 Å². The van der Waals surface area contributed by atoms with Gasteiger partial charge < -0.3 is 15.5 Å². The summed E-state index contributed by atoms with van der Waals surface area (Å²) in [6.07, 6.45) is 1.79. The van der Waals surface area contributed by atoms with Crippen LogP contribution in [0.15, 0.2) is 0 Å². The van der Waals surface area contributed by atoms with Gasteiger partial charge in [-0.2, -0.15) is 0 Å². The molecule has 0 fully saturated rings. The highest BCUT2D eigenvalue weighted by atomic mass is 16.2. The molecule has 0 bridgehead atoms. The Morgan fingerprint density at radius 3 is 1.88 bits per heavy atom. The smallest absolute Gasteiger partial charge is 0.243 e. The van der Waals surface area contributed by atoms with E-state index in [0.29, 0.717) is 18.8 Å². The minimum atomic E-state index is -0.605. The predicted octanol–water partition coefficient (Wildman–Crippen LogP) is 2.18. The number of nitrogens with one attached hydrogen (secondary N) is 2. The third-order valence-corrected chi connectivity index (χ3v) is 4.29. The number of nitrogens with zero attached hydrogens (tertiary/aromatic N) is 1. The van der Waals surface area contributed by atoms with Gasteiger partial charge in [0, 0.05) is 20.5 Å². The third kappa shape index (κ3) is 8.36. The van der Waals surface area contributed by atoms with E-state index in [1.807, 2.05) is 27.7 Å². The molecular formula is C19H37N3O3. The minimum Gasteiger partial charge on any atom is -0.357 e. The summed E-state index contributed by atoms with van der Waals surface area (Å²) < 4.78 is 0. The molecule has 0 aromatic heterocycles. The van der Waals surface area contributed by atoms with Crippen LogP contribution in [0, 0.1) is 17.8 Å². The van der Waals surface area contributed by atoms with E-state index in [-0.39, 0.29) is 29.6 Å². The Balaban J connectivity index is 5.19. The first-order valence-electron chi connectivity index (χ1n) is 9.28. The van der Waals surface area contributed by atoms with Crippen LogP contribution in [0.2, 0.25) is 0 Å². The summed E-state index contributed by atoms with van der Waals surface area (Å²) in [5.74, 6) is 0.139. The molecule has 2 atom stereocenters. The third-order valence-electron chi connectivity index (χ3n) is 4.29. The van der Waals surface area contributed by atoms with Gasteiger partial charge in [-0.25, -0.2) is 0 Å². The number of amides is 3. The van der Waals surface area contributed by atoms with Crippen LogP contribution in [0.3, 0.4) is 0 Å². The molecule has 0 aromatic carbocycles. The van der Waals surface area contributed by atoms with Crippen LogP contribution in [0.4, 0.5) is 0 Å². The molecule has 0 saturated carbocycles. The minimum absolute atomic E-state index is 0.0319. The van der Waals surface area contributed by atoms with E-state index >= 15 is 0 Å². The van der Waals surface area contributed by atoms with Gasteiger partial charge >= 0.3 is 0 Å². The first-order valence-corrected chi connectivity index (χ1v) is 9.28. The van der Waals surface area contributed by atoms with Crippen molar-refractivity contribution in [3.05, 3.63) is 0 Å². The lowest BCUT2D eigenvalue weighted by molar-refractivity contribution is -0.141. The second kappa shape index (κ2) is 11.1. The highest BCUT2D eigenvalue weighted by molar-refractivity contribution is 5.92. The van der Waals surface area contributed by atoms with E-state index in [1.165, 1.54) is 0 Å². The van der Waals surface area contributed by atoms with Crippen LogP contribution in [0.25, 0.3) is 0 Å². The SMILES string of the molecule is CNC(=O)[C@@H](NC(=O)[C@H](CC(C)C)N(C)C(=O)CCC(C)C)C(C)C. The van der Waals surface area contributed by atoms with E-state index in [4.69, 9.17) is 0 Å². The molecule has 0 aromatic rings. The number of likely N-dealkylation sites (N-methyl/N-ethyl adjacent to an activating group) is 2. The molecule has 0 aliphatic rings. The average Bonchev–Trinajstić information content (AvgIpc) is 2.53. The predicted molar refractivity (Wildman–Crippen MR) is 101 cm³/mol. The zero-order chi connectivity index (χ0) is 19.7. The maximum Gasteiger partial charge on any atom is 0.243 e. The summed E-state index contributed by atoms with van der Waals surface area (Å²) in [6.45, 7) is 11.9. The fourth-order valence-electron chi connectivity index (χ4n) is 2.59. The molecule has 0 rings (SSSR count). The van der Waals surface area contributed by atoms with E-state index in [0.717, 1.165) is 6.42 Å². The number of hydrogen-bond acceptors (Lipinski definition) is 3. The first-order chi connectivity index (χ1) is 11.5. The number of carbonyl (C=O) groups is 3. The van der Waals surface area contributed by atoms with Crippen molar-refractivity contribution in [3.8, 4) is 0 Å². The summed E-state index contributed by atoms with van der Waals surface area (Å²) in [5, 5.41) is 5.41. The summed E-state index contributed by atoms with van der Waals surface area (Å²) in [7, 11) is 3.23. The Hall–Kier alpha value is -1.59. The van der Waals surface area contributed by atoms with Crippen LogP contribution in [-0.2, 0) is 14.4 Å². The van der Waals surface area contributed by atoms with E-state index in [2.05, 4.69) is 24.5 Å². The average molecular weight is 356 g/mol. The zero-order valence-electron chi connectivity index (χ0n) is 17.2. The van der Waals surface area contributed by atoms with Crippen LogP contribution in [0.5, 0.6) is 0 Å². The van der Waals surface area contributed by atoms with Crippen molar-refractivity contribution < 1.29 is 14.4 Å². The molecule has 3 amide bonds. The number of rotatable bonds is 10.